The Labute approximate surface area is 131 Å². The van der Waals surface area contributed by atoms with Gasteiger partial charge in [-0.1, -0.05) is 41.5 Å². The molecule has 0 radical (unpaired) electrons. The van der Waals surface area contributed by atoms with Gasteiger partial charge in [0.05, 0.1) is 11.8 Å². The number of hydrogen-bond donors (Lipinski definition) is 2. The summed E-state index contributed by atoms with van der Waals surface area (Å²) < 4.78 is 0. The predicted molar refractivity (Wildman–Crippen MR) is 86.0 cm³/mol. The number of phenolic OH excluding ortho intramolecular Hbond substituents is 2. The monoisotopic (exact) mass is 301 g/mol. The van der Waals surface area contributed by atoms with Gasteiger partial charge in [0.25, 0.3) is 0 Å². The Morgan fingerprint density at radius 2 is 1.36 bits per heavy atom. The van der Waals surface area contributed by atoms with E-state index in [-0.39, 0.29) is 22.3 Å². The fourth-order valence-corrected chi connectivity index (χ4v) is 2.42. The van der Waals surface area contributed by atoms with Crippen molar-refractivity contribution >= 4 is 0 Å². The maximum Gasteiger partial charge on any atom is 0.132 e. The van der Waals surface area contributed by atoms with Crippen molar-refractivity contribution in [2.75, 3.05) is 0 Å². The van der Waals surface area contributed by atoms with Crippen LogP contribution in [0.25, 0.3) is 11.3 Å². The van der Waals surface area contributed by atoms with E-state index in [2.05, 4.69) is 15.4 Å². The number of phenols is 2. The molecule has 5 nitrogen and oxygen atoms in total. The normalized spacial score (nSPS) is 12.5. The largest absolute Gasteiger partial charge is 0.507 e. The fourth-order valence-electron chi connectivity index (χ4n) is 2.42. The van der Waals surface area contributed by atoms with Crippen LogP contribution in [0.15, 0.2) is 18.3 Å². The van der Waals surface area contributed by atoms with Crippen LogP contribution in [-0.2, 0) is 10.8 Å². The number of aromatic nitrogens is 3. The van der Waals surface area contributed by atoms with E-state index in [9.17, 15) is 10.2 Å². The predicted octanol–water partition coefficient (Wildman–Crippen LogP) is 3.54. The topological polar surface area (TPSA) is 79.1 Å². The second kappa shape index (κ2) is 5.23. The molecule has 22 heavy (non-hydrogen) atoms. The molecule has 2 aromatic rings. The van der Waals surface area contributed by atoms with Gasteiger partial charge in [-0.05, 0) is 28.2 Å². The molecule has 1 aromatic heterocycles. The fraction of sp³-hybridized carbons (Fsp3) is 0.471. The minimum atomic E-state index is -0.271. The zero-order valence-electron chi connectivity index (χ0n) is 14.0. The van der Waals surface area contributed by atoms with Crippen molar-refractivity contribution < 1.29 is 10.2 Å². The van der Waals surface area contributed by atoms with Crippen molar-refractivity contribution in [2.24, 2.45) is 0 Å². The van der Waals surface area contributed by atoms with E-state index in [4.69, 9.17) is 0 Å². The SMILES string of the molecule is CC(C)(C)c1cc(C(C)(C)C)c(O)c(-c2ccnnn2)c1O. The highest BCUT2D eigenvalue weighted by Crippen LogP contribution is 2.47. The highest BCUT2D eigenvalue weighted by atomic mass is 16.3. The molecule has 0 aliphatic rings. The maximum atomic E-state index is 10.7. The Morgan fingerprint density at radius 3 is 1.73 bits per heavy atom. The van der Waals surface area contributed by atoms with Crippen molar-refractivity contribution in [3.8, 4) is 22.8 Å². The van der Waals surface area contributed by atoms with Gasteiger partial charge in [0.15, 0.2) is 0 Å². The Kier molecular flexibility index (Phi) is 3.85. The van der Waals surface area contributed by atoms with Gasteiger partial charge < -0.3 is 10.2 Å². The van der Waals surface area contributed by atoms with Crippen molar-refractivity contribution in [3.05, 3.63) is 29.5 Å². The van der Waals surface area contributed by atoms with Crippen LogP contribution in [-0.4, -0.2) is 25.6 Å². The Morgan fingerprint density at radius 1 is 0.864 bits per heavy atom. The second-order valence-corrected chi connectivity index (χ2v) is 7.55. The van der Waals surface area contributed by atoms with Gasteiger partial charge in [0.1, 0.15) is 17.2 Å². The molecule has 0 aliphatic heterocycles. The smallest absolute Gasteiger partial charge is 0.132 e. The molecule has 0 amide bonds. The second-order valence-electron chi connectivity index (χ2n) is 7.55. The molecule has 2 N–H and O–H groups in total. The maximum absolute atomic E-state index is 10.7. The molecule has 2 rings (SSSR count). The summed E-state index contributed by atoms with van der Waals surface area (Å²) in [5.41, 5.74) is 1.71. The molecule has 0 fully saturated rings. The summed E-state index contributed by atoms with van der Waals surface area (Å²) in [4.78, 5) is 0. The zero-order chi connectivity index (χ0) is 16.7. The molecule has 118 valence electrons. The Bertz CT molecular complexity index is 646. The third kappa shape index (κ3) is 2.89. The summed E-state index contributed by atoms with van der Waals surface area (Å²) in [5.74, 6) is 0.0806. The van der Waals surface area contributed by atoms with Gasteiger partial charge in [0, 0.05) is 11.1 Å². The van der Waals surface area contributed by atoms with E-state index >= 15 is 0 Å². The van der Waals surface area contributed by atoms with Crippen molar-refractivity contribution in [2.45, 2.75) is 52.4 Å². The summed E-state index contributed by atoms with van der Waals surface area (Å²) >= 11 is 0. The van der Waals surface area contributed by atoms with Crippen LogP contribution in [0.3, 0.4) is 0 Å². The van der Waals surface area contributed by atoms with Gasteiger partial charge in [0.2, 0.25) is 0 Å². The van der Waals surface area contributed by atoms with E-state index < -0.39 is 0 Å². The van der Waals surface area contributed by atoms with Crippen molar-refractivity contribution in [3.63, 3.8) is 0 Å². The minimum absolute atomic E-state index is 0.0403. The molecule has 5 heteroatoms. The van der Waals surface area contributed by atoms with E-state index in [0.29, 0.717) is 11.3 Å². The lowest BCUT2D eigenvalue weighted by molar-refractivity contribution is 0.421. The summed E-state index contributed by atoms with van der Waals surface area (Å²) in [6, 6.07) is 3.50. The highest BCUT2D eigenvalue weighted by Gasteiger charge is 2.30. The summed E-state index contributed by atoms with van der Waals surface area (Å²) in [7, 11) is 0. The van der Waals surface area contributed by atoms with Gasteiger partial charge in [-0.15, -0.1) is 10.2 Å². The van der Waals surface area contributed by atoms with Crippen LogP contribution >= 0.6 is 0 Å². The van der Waals surface area contributed by atoms with E-state index in [0.717, 1.165) is 11.1 Å². The first-order valence-corrected chi connectivity index (χ1v) is 7.28. The molecule has 0 saturated carbocycles. The summed E-state index contributed by atoms with van der Waals surface area (Å²) in [6.07, 6.45) is 1.49. The summed E-state index contributed by atoms with van der Waals surface area (Å²) in [6.45, 7) is 12.1. The zero-order valence-corrected chi connectivity index (χ0v) is 14.0. The van der Waals surface area contributed by atoms with Gasteiger partial charge in [-0.3, -0.25) is 0 Å². The molecular formula is C17H23N3O2. The molecular weight excluding hydrogens is 278 g/mol. The lowest BCUT2D eigenvalue weighted by Gasteiger charge is -2.28. The van der Waals surface area contributed by atoms with Crippen LogP contribution in [0.1, 0.15) is 52.7 Å². The highest BCUT2D eigenvalue weighted by molar-refractivity contribution is 5.78. The number of hydrogen-bond acceptors (Lipinski definition) is 5. The quantitative estimate of drug-likeness (QED) is 0.842. The van der Waals surface area contributed by atoms with E-state index in [1.807, 2.05) is 47.6 Å². The minimum Gasteiger partial charge on any atom is -0.507 e. The first kappa shape index (κ1) is 16.2. The Balaban J connectivity index is 2.88. The molecule has 0 spiro atoms. The molecule has 1 heterocycles. The third-order valence-corrected chi connectivity index (χ3v) is 3.65. The molecule has 0 atom stereocenters. The number of benzene rings is 1. The molecule has 0 unspecified atom stereocenters. The first-order chi connectivity index (χ1) is 10.0. The van der Waals surface area contributed by atoms with Gasteiger partial charge >= 0.3 is 0 Å². The standard InChI is InChI=1S/C17H23N3O2/c1-16(2,3)10-9-11(17(4,5)6)15(22)13(14(10)21)12-7-8-18-20-19-12/h7-9,21-22H,1-6H3. The lowest BCUT2D eigenvalue weighted by atomic mass is 9.78. The number of aromatic hydroxyl groups is 2. The van der Waals surface area contributed by atoms with Crippen LogP contribution in [0.2, 0.25) is 0 Å². The van der Waals surface area contributed by atoms with E-state index in [1.165, 1.54) is 6.20 Å². The van der Waals surface area contributed by atoms with Crippen LogP contribution in [0.5, 0.6) is 11.5 Å². The van der Waals surface area contributed by atoms with Crippen molar-refractivity contribution in [1.29, 1.82) is 0 Å². The molecule has 0 aliphatic carbocycles. The summed E-state index contributed by atoms with van der Waals surface area (Å²) in [5, 5.41) is 32.6. The van der Waals surface area contributed by atoms with Crippen molar-refractivity contribution in [1.82, 2.24) is 15.4 Å². The first-order valence-electron chi connectivity index (χ1n) is 7.28. The van der Waals surface area contributed by atoms with Crippen LogP contribution < -0.4 is 0 Å². The van der Waals surface area contributed by atoms with Crippen LogP contribution in [0, 0.1) is 0 Å². The lowest BCUT2D eigenvalue weighted by Crippen LogP contribution is -2.17. The Hall–Kier alpha value is -2.17. The molecule has 0 bridgehead atoms. The average molecular weight is 301 g/mol. The number of rotatable bonds is 1. The average Bonchev–Trinajstić information content (AvgIpc) is 2.37. The number of nitrogens with zero attached hydrogens (tertiary/aromatic N) is 3. The van der Waals surface area contributed by atoms with E-state index in [1.54, 1.807) is 6.07 Å². The molecule has 0 saturated heterocycles. The van der Waals surface area contributed by atoms with Gasteiger partial charge in [-0.25, -0.2) is 0 Å². The van der Waals surface area contributed by atoms with Crippen LogP contribution in [0.4, 0.5) is 0 Å². The van der Waals surface area contributed by atoms with Gasteiger partial charge in [-0.2, -0.15) is 0 Å². The third-order valence-electron chi connectivity index (χ3n) is 3.65. The molecule has 1 aromatic carbocycles.